The van der Waals surface area contributed by atoms with Gasteiger partial charge in [0.25, 0.3) is 0 Å². The van der Waals surface area contributed by atoms with Gasteiger partial charge in [-0.05, 0) is 31.4 Å². The first-order valence-electron chi connectivity index (χ1n) is 5.23. The number of carbonyl (C=O) groups is 1. The van der Waals surface area contributed by atoms with Crippen LogP contribution in [0.25, 0.3) is 0 Å². The lowest BCUT2D eigenvalue weighted by atomic mass is 9.90. The summed E-state index contributed by atoms with van der Waals surface area (Å²) < 4.78 is 0. The Kier molecular flexibility index (Phi) is 3.19. The van der Waals surface area contributed by atoms with Crippen LogP contribution in [-0.2, 0) is 10.2 Å². The molecule has 2 aromatic rings. The molecule has 1 N–H and O–H groups in total. The highest BCUT2D eigenvalue weighted by Crippen LogP contribution is 2.28. The fourth-order valence-corrected chi connectivity index (χ4v) is 2.22. The second-order valence-corrected chi connectivity index (χ2v) is 5.08. The lowest BCUT2D eigenvalue weighted by molar-refractivity contribution is -0.120. The van der Waals surface area contributed by atoms with Crippen molar-refractivity contribution in [2.45, 2.75) is 19.3 Å². The molecule has 0 spiro atoms. The third-order valence-corrected chi connectivity index (χ3v) is 3.69. The second-order valence-electron chi connectivity index (χ2n) is 4.13. The van der Waals surface area contributed by atoms with E-state index in [9.17, 15) is 4.79 Å². The maximum Gasteiger partial charge on any atom is 0.237 e. The summed E-state index contributed by atoms with van der Waals surface area (Å²) in [5, 5.41) is 4.68. The van der Waals surface area contributed by atoms with Gasteiger partial charge in [-0.25, -0.2) is 9.97 Å². The van der Waals surface area contributed by atoms with Crippen molar-refractivity contribution in [2.24, 2.45) is 0 Å². The zero-order valence-electron chi connectivity index (χ0n) is 9.68. The molecule has 4 nitrogen and oxygen atoms in total. The molecule has 0 aliphatic heterocycles. The monoisotopic (exact) mass is 247 g/mol. The van der Waals surface area contributed by atoms with Crippen LogP contribution in [0.2, 0.25) is 0 Å². The van der Waals surface area contributed by atoms with E-state index >= 15 is 0 Å². The number of anilines is 1. The van der Waals surface area contributed by atoms with Crippen molar-refractivity contribution in [3.05, 3.63) is 40.8 Å². The molecule has 0 aliphatic rings. The highest BCUT2D eigenvalue weighted by molar-refractivity contribution is 7.10. The molecule has 17 heavy (non-hydrogen) atoms. The third kappa shape index (κ3) is 2.50. The molecule has 5 heteroatoms. The molecule has 0 fully saturated rings. The Bertz CT molecular complexity index is 494. The first-order chi connectivity index (χ1) is 8.10. The van der Waals surface area contributed by atoms with E-state index in [1.807, 2.05) is 31.4 Å². The minimum atomic E-state index is -0.576. The predicted molar refractivity (Wildman–Crippen MR) is 68.0 cm³/mol. The van der Waals surface area contributed by atoms with Crippen LogP contribution in [0.3, 0.4) is 0 Å². The van der Waals surface area contributed by atoms with Gasteiger partial charge in [-0.2, -0.15) is 0 Å². The van der Waals surface area contributed by atoms with Gasteiger partial charge in [-0.3, -0.25) is 10.1 Å². The summed E-state index contributed by atoms with van der Waals surface area (Å²) in [6.45, 7) is 3.77. The molecule has 0 saturated heterocycles. The van der Waals surface area contributed by atoms with Crippen molar-refractivity contribution >= 4 is 23.2 Å². The molecule has 0 radical (unpaired) electrons. The van der Waals surface area contributed by atoms with Crippen molar-refractivity contribution in [1.29, 1.82) is 0 Å². The number of nitrogens with zero attached hydrogens (tertiary/aromatic N) is 2. The Labute approximate surface area is 104 Å². The van der Waals surface area contributed by atoms with E-state index in [0.717, 1.165) is 4.88 Å². The lowest BCUT2D eigenvalue weighted by Crippen LogP contribution is -2.34. The Morgan fingerprint density at radius 3 is 2.59 bits per heavy atom. The Morgan fingerprint density at radius 2 is 2.00 bits per heavy atom. The lowest BCUT2D eigenvalue weighted by Gasteiger charge is -2.21. The summed E-state index contributed by atoms with van der Waals surface area (Å²) in [6.07, 6.45) is 3.20. The molecule has 0 aromatic carbocycles. The summed E-state index contributed by atoms with van der Waals surface area (Å²) in [7, 11) is 0. The van der Waals surface area contributed by atoms with Crippen LogP contribution in [0.4, 0.5) is 5.95 Å². The standard InChI is InChI=1S/C12H13N3OS/c1-12(2,9-5-3-8-17-9)10(16)15-11-13-6-4-7-14-11/h3-8H,1-2H3,(H,13,14,15,16). The summed E-state index contributed by atoms with van der Waals surface area (Å²) in [4.78, 5) is 21.1. The zero-order chi connectivity index (χ0) is 12.3. The van der Waals surface area contributed by atoms with Gasteiger partial charge in [-0.1, -0.05) is 6.07 Å². The summed E-state index contributed by atoms with van der Waals surface area (Å²) >= 11 is 1.57. The molecule has 0 saturated carbocycles. The number of carbonyl (C=O) groups excluding carboxylic acids is 1. The normalized spacial score (nSPS) is 11.2. The van der Waals surface area contributed by atoms with E-state index in [1.165, 1.54) is 0 Å². The van der Waals surface area contributed by atoms with Gasteiger partial charge in [0.05, 0.1) is 5.41 Å². The average molecular weight is 247 g/mol. The summed E-state index contributed by atoms with van der Waals surface area (Å²) in [5.41, 5.74) is -0.576. The largest absolute Gasteiger partial charge is 0.294 e. The second kappa shape index (κ2) is 4.63. The third-order valence-electron chi connectivity index (χ3n) is 2.50. The summed E-state index contributed by atoms with van der Waals surface area (Å²) in [5.74, 6) is 0.230. The van der Waals surface area contributed by atoms with Crippen LogP contribution < -0.4 is 5.32 Å². The molecule has 0 aliphatic carbocycles. The molecule has 1 amide bonds. The van der Waals surface area contributed by atoms with E-state index in [1.54, 1.807) is 29.8 Å². The molecular weight excluding hydrogens is 234 g/mol. The maximum atomic E-state index is 12.1. The molecule has 0 atom stereocenters. The van der Waals surface area contributed by atoms with Crippen molar-refractivity contribution in [2.75, 3.05) is 5.32 Å². The van der Waals surface area contributed by atoms with Crippen molar-refractivity contribution < 1.29 is 4.79 Å². The van der Waals surface area contributed by atoms with E-state index in [4.69, 9.17) is 0 Å². The first kappa shape index (κ1) is 11.7. The van der Waals surface area contributed by atoms with E-state index in [0.29, 0.717) is 5.95 Å². The smallest absolute Gasteiger partial charge is 0.237 e. The average Bonchev–Trinajstić information content (AvgIpc) is 2.84. The highest BCUT2D eigenvalue weighted by Gasteiger charge is 2.31. The van der Waals surface area contributed by atoms with Gasteiger partial charge in [0, 0.05) is 17.3 Å². The highest BCUT2D eigenvalue weighted by atomic mass is 32.1. The molecule has 2 aromatic heterocycles. The van der Waals surface area contributed by atoms with Gasteiger partial charge in [0.2, 0.25) is 11.9 Å². The Hall–Kier alpha value is -1.75. The molecular formula is C12H13N3OS. The summed E-state index contributed by atoms with van der Waals surface area (Å²) in [6, 6.07) is 5.60. The first-order valence-corrected chi connectivity index (χ1v) is 6.11. The molecule has 0 bridgehead atoms. The molecule has 2 heterocycles. The van der Waals surface area contributed by atoms with Gasteiger partial charge in [0.15, 0.2) is 0 Å². The Morgan fingerprint density at radius 1 is 1.29 bits per heavy atom. The van der Waals surface area contributed by atoms with Crippen LogP contribution >= 0.6 is 11.3 Å². The van der Waals surface area contributed by atoms with Crippen LogP contribution in [0.5, 0.6) is 0 Å². The molecule has 88 valence electrons. The number of amides is 1. The SMILES string of the molecule is CC(C)(C(=O)Nc1ncccn1)c1cccs1. The number of hydrogen-bond donors (Lipinski definition) is 1. The van der Waals surface area contributed by atoms with E-state index < -0.39 is 5.41 Å². The van der Waals surface area contributed by atoms with Crippen LogP contribution in [0.15, 0.2) is 36.0 Å². The number of rotatable bonds is 3. The minimum absolute atomic E-state index is 0.105. The molecule has 2 rings (SSSR count). The number of hydrogen-bond acceptors (Lipinski definition) is 4. The van der Waals surface area contributed by atoms with Crippen molar-refractivity contribution in [1.82, 2.24) is 9.97 Å². The van der Waals surface area contributed by atoms with Gasteiger partial charge >= 0.3 is 0 Å². The van der Waals surface area contributed by atoms with Crippen LogP contribution in [-0.4, -0.2) is 15.9 Å². The van der Waals surface area contributed by atoms with Crippen LogP contribution in [0.1, 0.15) is 18.7 Å². The maximum absolute atomic E-state index is 12.1. The quantitative estimate of drug-likeness (QED) is 0.906. The number of thiophene rings is 1. The topological polar surface area (TPSA) is 54.9 Å². The number of aromatic nitrogens is 2. The Balaban J connectivity index is 2.16. The van der Waals surface area contributed by atoms with Gasteiger partial charge in [-0.15, -0.1) is 11.3 Å². The molecule has 0 unspecified atom stereocenters. The van der Waals surface area contributed by atoms with Crippen molar-refractivity contribution in [3.8, 4) is 0 Å². The number of nitrogens with one attached hydrogen (secondary N) is 1. The fourth-order valence-electron chi connectivity index (χ4n) is 1.37. The fraction of sp³-hybridized carbons (Fsp3) is 0.250. The predicted octanol–water partition coefficient (Wildman–Crippen LogP) is 2.45. The van der Waals surface area contributed by atoms with E-state index in [2.05, 4.69) is 15.3 Å². The van der Waals surface area contributed by atoms with E-state index in [-0.39, 0.29) is 5.91 Å². The minimum Gasteiger partial charge on any atom is -0.294 e. The van der Waals surface area contributed by atoms with Crippen molar-refractivity contribution in [3.63, 3.8) is 0 Å². The van der Waals surface area contributed by atoms with Gasteiger partial charge < -0.3 is 0 Å². The zero-order valence-corrected chi connectivity index (χ0v) is 10.5. The van der Waals surface area contributed by atoms with Crippen LogP contribution in [0, 0.1) is 0 Å². The van der Waals surface area contributed by atoms with Gasteiger partial charge in [0.1, 0.15) is 0 Å².